The van der Waals surface area contributed by atoms with Gasteiger partial charge in [0.15, 0.2) is 0 Å². The highest BCUT2D eigenvalue weighted by Gasteiger charge is 2.33. The number of sulfonamides is 1. The summed E-state index contributed by atoms with van der Waals surface area (Å²) in [5.41, 5.74) is 0.621. The Morgan fingerprint density at radius 2 is 1.85 bits per heavy atom. The van der Waals surface area contributed by atoms with E-state index < -0.39 is 10.0 Å². The van der Waals surface area contributed by atoms with Crippen LogP contribution in [0.25, 0.3) is 0 Å². The van der Waals surface area contributed by atoms with Gasteiger partial charge in [0.05, 0.1) is 0 Å². The Hall–Kier alpha value is -1.09. The van der Waals surface area contributed by atoms with Gasteiger partial charge in [-0.25, -0.2) is 8.42 Å². The van der Waals surface area contributed by atoms with Crippen molar-refractivity contribution in [3.63, 3.8) is 0 Å². The van der Waals surface area contributed by atoms with Gasteiger partial charge in [-0.3, -0.25) is 4.79 Å². The van der Waals surface area contributed by atoms with Gasteiger partial charge in [0, 0.05) is 36.6 Å². The summed E-state index contributed by atoms with van der Waals surface area (Å²) in [4.78, 5) is 14.9. The van der Waals surface area contributed by atoms with E-state index >= 15 is 0 Å². The van der Waals surface area contributed by atoms with Crippen molar-refractivity contribution < 1.29 is 13.2 Å². The Morgan fingerprint density at radius 1 is 1.23 bits per heavy atom. The first-order valence-electron chi connectivity index (χ1n) is 8.09. The van der Waals surface area contributed by atoms with Crippen LogP contribution in [0.2, 0.25) is 0 Å². The first kappa shape index (κ1) is 23.0. The summed E-state index contributed by atoms with van der Waals surface area (Å²) in [5, 5.41) is 1.18. The van der Waals surface area contributed by atoms with E-state index in [-0.39, 0.29) is 18.5 Å². The second-order valence-electron chi connectivity index (χ2n) is 5.76. The molecule has 144 valence electrons. The normalized spacial score (nSPS) is 19.2. The first-order chi connectivity index (χ1) is 12.3. The number of allylic oxidation sites excluding steroid dienone is 3. The molecule has 1 saturated heterocycles. The second kappa shape index (κ2) is 10.9. The van der Waals surface area contributed by atoms with Crippen molar-refractivity contribution in [1.82, 2.24) is 9.21 Å². The van der Waals surface area contributed by atoms with Crippen molar-refractivity contribution in [1.29, 1.82) is 0 Å². The summed E-state index contributed by atoms with van der Waals surface area (Å²) < 4.78 is 26.2. The van der Waals surface area contributed by atoms with Gasteiger partial charge in [-0.1, -0.05) is 40.2 Å². The second-order valence-corrected chi connectivity index (χ2v) is 8.23. The number of rotatable bonds is 4. The number of piperazine rings is 1. The maximum Gasteiger partial charge on any atom is 0.253 e. The molecule has 8 heteroatoms. The van der Waals surface area contributed by atoms with Crippen LogP contribution >= 0.6 is 28.6 Å². The van der Waals surface area contributed by atoms with Crippen LogP contribution in [-0.2, 0) is 10.0 Å². The highest BCUT2D eigenvalue weighted by Crippen LogP contribution is 2.17. The minimum atomic E-state index is -3.51. The van der Waals surface area contributed by atoms with Gasteiger partial charge < -0.3 is 4.90 Å². The molecule has 1 unspecified atom stereocenters. The highest BCUT2D eigenvalue weighted by atomic mass is 79.9. The Morgan fingerprint density at radius 3 is 2.38 bits per heavy atom. The number of hydrogen-bond donors (Lipinski definition) is 1. The molecule has 1 aromatic rings. The molecule has 26 heavy (non-hydrogen) atoms. The van der Waals surface area contributed by atoms with Crippen molar-refractivity contribution in [2.45, 2.75) is 19.9 Å². The summed E-state index contributed by atoms with van der Waals surface area (Å²) in [7, 11) is -3.51. The molecule has 0 bridgehead atoms. The number of hydrogen-bond acceptors (Lipinski definition) is 4. The van der Waals surface area contributed by atoms with Gasteiger partial charge in [0.1, 0.15) is 0 Å². The first-order valence-corrected chi connectivity index (χ1v) is 11.6. The Balaban J connectivity index is 0.00000163. The van der Waals surface area contributed by atoms with Crippen LogP contribution in [0, 0.1) is 0 Å². The molecular formula is C18H25BrN2O3S2. The lowest BCUT2D eigenvalue weighted by Crippen LogP contribution is -2.54. The van der Waals surface area contributed by atoms with Crippen LogP contribution < -0.4 is 0 Å². The van der Waals surface area contributed by atoms with Gasteiger partial charge in [-0.15, -0.1) is 12.6 Å². The van der Waals surface area contributed by atoms with E-state index in [1.54, 1.807) is 30.0 Å². The molecule has 1 heterocycles. The number of alkyl halides is 1. The zero-order valence-electron chi connectivity index (χ0n) is 15.2. The lowest BCUT2D eigenvalue weighted by Gasteiger charge is -2.38. The van der Waals surface area contributed by atoms with Crippen LogP contribution in [0.1, 0.15) is 24.2 Å². The molecule has 1 atom stereocenters. The molecule has 1 fully saturated rings. The number of benzene rings is 1. The summed E-state index contributed by atoms with van der Waals surface area (Å²) >= 11 is 7.04. The fraction of sp³-hybridized carbons (Fsp3) is 0.389. The third-order valence-electron chi connectivity index (χ3n) is 3.79. The molecule has 2 rings (SSSR count). The van der Waals surface area contributed by atoms with Gasteiger partial charge >= 0.3 is 0 Å². The van der Waals surface area contributed by atoms with Gasteiger partial charge in [0.2, 0.25) is 10.0 Å². The van der Waals surface area contributed by atoms with Crippen LogP contribution in [0.5, 0.6) is 0 Å². The molecule has 0 radical (unpaired) electrons. The van der Waals surface area contributed by atoms with E-state index in [1.165, 1.54) is 15.8 Å². The van der Waals surface area contributed by atoms with Crippen molar-refractivity contribution in [2.24, 2.45) is 0 Å². The highest BCUT2D eigenvalue weighted by molar-refractivity contribution is 9.08. The van der Waals surface area contributed by atoms with Crippen molar-refractivity contribution >= 4 is 44.5 Å². The molecule has 0 aromatic heterocycles. The number of carbonyl (C=O) groups excluding carboxylic acids is 1. The molecule has 1 amide bonds. The number of thiol groups is 1. The Kier molecular flexibility index (Phi) is 9.63. The monoisotopic (exact) mass is 460 g/mol. The molecule has 1 aliphatic rings. The number of carbonyl (C=O) groups is 1. The molecule has 0 N–H and O–H groups in total. The summed E-state index contributed by atoms with van der Waals surface area (Å²) in [5.74, 6) is 1.75. The van der Waals surface area contributed by atoms with Gasteiger partial charge in [-0.05, 0) is 42.8 Å². The summed E-state index contributed by atoms with van der Waals surface area (Å²) in [6, 6.07) is 8.76. The summed E-state index contributed by atoms with van der Waals surface area (Å²) in [6.45, 7) is 4.64. The van der Waals surface area contributed by atoms with Gasteiger partial charge in [-0.2, -0.15) is 4.31 Å². The van der Waals surface area contributed by atoms with Crippen LogP contribution in [-0.4, -0.2) is 55.0 Å². The zero-order chi connectivity index (χ0) is 19.7. The van der Waals surface area contributed by atoms with E-state index in [9.17, 15) is 13.2 Å². The standard InChI is InChI=1S/C17H22N2O3S2.CH3Br/c1-14-13-18(17(20)16-8-4-3-5-9-16)10-11-19(14)24(21,22)12-6-7-15(2)23;1-2/h3-9,12,14,23H,10-11,13H2,1-2H3;1H3/b12-6+,15-7-;. The number of halogens is 1. The third kappa shape index (κ3) is 6.57. The quantitative estimate of drug-likeness (QED) is 0.424. The molecule has 1 aliphatic heterocycles. The van der Waals surface area contributed by atoms with Crippen LogP contribution in [0.15, 0.2) is 52.8 Å². The predicted molar refractivity (Wildman–Crippen MR) is 114 cm³/mol. The van der Waals surface area contributed by atoms with E-state index in [4.69, 9.17) is 0 Å². The smallest absolute Gasteiger partial charge is 0.253 e. The summed E-state index contributed by atoms with van der Waals surface area (Å²) in [6.07, 6.45) is 3.10. The van der Waals surface area contributed by atoms with Crippen molar-refractivity contribution in [2.75, 3.05) is 25.5 Å². The number of nitrogens with zero attached hydrogens (tertiary/aromatic N) is 2. The van der Waals surface area contributed by atoms with E-state index in [0.29, 0.717) is 18.7 Å². The maximum absolute atomic E-state index is 12.5. The topological polar surface area (TPSA) is 57.7 Å². The molecule has 1 aromatic carbocycles. The van der Waals surface area contributed by atoms with Crippen LogP contribution in [0.4, 0.5) is 0 Å². The van der Waals surface area contributed by atoms with Crippen molar-refractivity contribution in [3.8, 4) is 0 Å². The largest absolute Gasteiger partial charge is 0.336 e. The number of amides is 1. The SMILES string of the molecule is C/C(S)=C/C=C/S(=O)(=O)N1CCN(C(=O)c2ccccc2)CC1C.CBr. The van der Waals surface area contributed by atoms with E-state index in [2.05, 4.69) is 28.6 Å². The maximum atomic E-state index is 12.5. The van der Waals surface area contributed by atoms with Gasteiger partial charge in [0.25, 0.3) is 5.91 Å². The molecular weight excluding hydrogens is 436 g/mol. The lowest BCUT2D eigenvalue weighted by atomic mass is 10.1. The molecule has 0 saturated carbocycles. The predicted octanol–water partition coefficient (Wildman–Crippen LogP) is 3.52. The minimum absolute atomic E-state index is 0.0660. The van der Waals surface area contributed by atoms with E-state index in [1.807, 2.05) is 31.0 Å². The fourth-order valence-electron chi connectivity index (χ4n) is 2.62. The van der Waals surface area contributed by atoms with Crippen molar-refractivity contribution in [3.05, 3.63) is 58.4 Å². The minimum Gasteiger partial charge on any atom is -0.336 e. The molecule has 0 aliphatic carbocycles. The zero-order valence-corrected chi connectivity index (χ0v) is 18.5. The molecule has 0 spiro atoms. The van der Waals surface area contributed by atoms with E-state index in [0.717, 1.165) is 4.91 Å². The Bertz CT molecular complexity index is 745. The average molecular weight is 461 g/mol. The Labute approximate surface area is 170 Å². The lowest BCUT2D eigenvalue weighted by molar-refractivity contribution is 0.0643. The average Bonchev–Trinajstić information content (AvgIpc) is 2.62. The molecule has 5 nitrogen and oxygen atoms in total. The van der Waals surface area contributed by atoms with Crippen LogP contribution in [0.3, 0.4) is 0 Å². The fourth-order valence-corrected chi connectivity index (χ4v) is 4.05. The third-order valence-corrected chi connectivity index (χ3v) is 5.64.